The van der Waals surface area contributed by atoms with E-state index in [0.717, 1.165) is 12.0 Å². The number of fused-ring (bicyclic) bond motifs is 1. The van der Waals surface area contributed by atoms with Gasteiger partial charge in [0.1, 0.15) is 0 Å². The Morgan fingerprint density at radius 1 is 1.17 bits per heavy atom. The first kappa shape index (κ1) is 21.5. The molecule has 0 radical (unpaired) electrons. The number of rotatable bonds is 11. The Morgan fingerprint density at radius 3 is 2.72 bits per heavy atom. The van der Waals surface area contributed by atoms with Gasteiger partial charge in [-0.15, -0.1) is 0 Å². The SMILES string of the molecule is CCC(C)C(NCC(O)COCC(C)C)c1nc(-c2ccc3c(c2)OCO3)no1. The molecule has 0 spiro atoms. The van der Waals surface area contributed by atoms with Gasteiger partial charge < -0.3 is 29.2 Å². The third-order valence-corrected chi connectivity index (χ3v) is 4.89. The molecule has 1 aliphatic heterocycles. The minimum Gasteiger partial charge on any atom is -0.454 e. The van der Waals surface area contributed by atoms with Crippen LogP contribution in [0.3, 0.4) is 0 Å². The molecule has 2 N–H and O–H groups in total. The van der Waals surface area contributed by atoms with Crippen LogP contribution in [0.15, 0.2) is 22.7 Å². The third-order valence-electron chi connectivity index (χ3n) is 4.89. The van der Waals surface area contributed by atoms with Gasteiger partial charge in [0.05, 0.1) is 18.8 Å². The summed E-state index contributed by atoms with van der Waals surface area (Å²) < 4.78 is 21.8. The third kappa shape index (κ3) is 5.68. The molecule has 0 aliphatic carbocycles. The van der Waals surface area contributed by atoms with E-state index in [9.17, 15) is 5.11 Å². The summed E-state index contributed by atoms with van der Waals surface area (Å²) in [7, 11) is 0. The molecule has 0 saturated carbocycles. The highest BCUT2D eigenvalue weighted by molar-refractivity contribution is 5.61. The summed E-state index contributed by atoms with van der Waals surface area (Å²) in [4.78, 5) is 4.59. The van der Waals surface area contributed by atoms with Gasteiger partial charge in [-0.1, -0.05) is 39.3 Å². The van der Waals surface area contributed by atoms with Crippen LogP contribution in [0.1, 0.15) is 46.0 Å². The minimum atomic E-state index is -0.600. The lowest BCUT2D eigenvalue weighted by Crippen LogP contribution is -2.36. The van der Waals surface area contributed by atoms with Gasteiger partial charge in [0.15, 0.2) is 11.5 Å². The van der Waals surface area contributed by atoms with E-state index in [0.29, 0.717) is 48.9 Å². The number of ether oxygens (including phenoxy) is 3. The fourth-order valence-electron chi connectivity index (χ4n) is 3.04. The average Bonchev–Trinajstić information content (AvgIpc) is 3.36. The lowest BCUT2D eigenvalue weighted by atomic mass is 9.99. The van der Waals surface area contributed by atoms with E-state index < -0.39 is 6.10 Å². The Balaban J connectivity index is 1.65. The first-order valence-corrected chi connectivity index (χ1v) is 10.2. The molecule has 2 heterocycles. The van der Waals surface area contributed by atoms with Crippen LogP contribution in [-0.2, 0) is 4.74 Å². The van der Waals surface area contributed by atoms with E-state index in [2.05, 4.69) is 43.2 Å². The Kier molecular flexibility index (Phi) is 7.46. The molecular formula is C21H31N3O5. The van der Waals surface area contributed by atoms with Crippen molar-refractivity contribution in [1.29, 1.82) is 0 Å². The van der Waals surface area contributed by atoms with Crippen molar-refractivity contribution >= 4 is 0 Å². The quantitative estimate of drug-likeness (QED) is 0.588. The monoisotopic (exact) mass is 405 g/mol. The van der Waals surface area contributed by atoms with Crippen molar-refractivity contribution in [2.75, 3.05) is 26.6 Å². The second-order valence-corrected chi connectivity index (χ2v) is 7.88. The van der Waals surface area contributed by atoms with Gasteiger partial charge in [-0.25, -0.2) is 0 Å². The van der Waals surface area contributed by atoms with Gasteiger partial charge in [-0.05, 0) is 30.0 Å². The lowest BCUT2D eigenvalue weighted by Gasteiger charge is -2.22. The lowest BCUT2D eigenvalue weighted by molar-refractivity contribution is 0.0234. The predicted octanol–water partition coefficient (Wildman–Crippen LogP) is 3.18. The molecule has 8 nitrogen and oxygen atoms in total. The molecule has 3 rings (SSSR count). The first-order chi connectivity index (χ1) is 14.0. The number of aliphatic hydroxyl groups excluding tert-OH is 1. The maximum atomic E-state index is 10.2. The summed E-state index contributed by atoms with van der Waals surface area (Å²) in [5, 5.41) is 17.7. The molecule has 0 fully saturated rings. The second kappa shape index (κ2) is 10.0. The van der Waals surface area contributed by atoms with Crippen LogP contribution in [0.25, 0.3) is 11.4 Å². The Hall–Kier alpha value is -2.16. The number of hydrogen-bond acceptors (Lipinski definition) is 8. The van der Waals surface area contributed by atoms with Gasteiger partial charge in [0.2, 0.25) is 18.5 Å². The zero-order valence-corrected chi connectivity index (χ0v) is 17.6. The van der Waals surface area contributed by atoms with E-state index in [4.69, 9.17) is 18.7 Å². The summed E-state index contributed by atoms with van der Waals surface area (Å²) in [5.74, 6) is 3.08. The van der Waals surface area contributed by atoms with Gasteiger partial charge in [0, 0.05) is 18.7 Å². The van der Waals surface area contributed by atoms with Crippen molar-refractivity contribution in [2.45, 2.75) is 46.3 Å². The van der Waals surface area contributed by atoms with Gasteiger partial charge >= 0.3 is 0 Å². The number of nitrogens with zero attached hydrogens (tertiary/aromatic N) is 2. The second-order valence-electron chi connectivity index (χ2n) is 7.88. The minimum absolute atomic E-state index is 0.157. The van der Waals surface area contributed by atoms with E-state index >= 15 is 0 Å². The highest BCUT2D eigenvalue weighted by atomic mass is 16.7. The van der Waals surface area contributed by atoms with E-state index in [1.165, 1.54) is 0 Å². The summed E-state index contributed by atoms with van der Waals surface area (Å²) in [6.07, 6.45) is 0.329. The summed E-state index contributed by atoms with van der Waals surface area (Å²) in [6, 6.07) is 5.41. The van der Waals surface area contributed by atoms with Gasteiger partial charge in [-0.3, -0.25) is 0 Å². The van der Waals surface area contributed by atoms with Crippen molar-refractivity contribution in [3.63, 3.8) is 0 Å². The number of benzene rings is 1. The standard InChI is InChI=1S/C21H31N3O5/c1-5-14(4)19(22-9-16(25)11-26-10-13(2)3)21-23-20(24-29-21)15-6-7-17-18(8-15)28-12-27-17/h6-8,13-14,16,19,22,25H,5,9-12H2,1-4H3. The number of nitrogens with one attached hydrogen (secondary N) is 1. The van der Waals surface area contributed by atoms with Crippen LogP contribution < -0.4 is 14.8 Å². The molecule has 160 valence electrons. The molecule has 0 saturated heterocycles. The zero-order valence-electron chi connectivity index (χ0n) is 17.6. The fraction of sp³-hybridized carbons (Fsp3) is 0.619. The van der Waals surface area contributed by atoms with Crippen LogP contribution in [0, 0.1) is 11.8 Å². The molecular weight excluding hydrogens is 374 g/mol. The first-order valence-electron chi connectivity index (χ1n) is 10.2. The molecule has 2 aromatic rings. The van der Waals surface area contributed by atoms with Crippen molar-refractivity contribution < 1.29 is 23.8 Å². The molecule has 3 unspecified atom stereocenters. The summed E-state index contributed by atoms with van der Waals surface area (Å²) in [5.41, 5.74) is 0.800. The maximum absolute atomic E-state index is 10.2. The number of hydrogen-bond donors (Lipinski definition) is 2. The van der Waals surface area contributed by atoms with Crippen molar-refractivity contribution in [2.24, 2.45) is 11.8 Å². The molecule has 29 heavy (non-hydrogen) atoms. The predicted molar refractivity (Wildman–Crippen MR) is 108 cm³/mol. The van der Waals surface area contributed by atoms with Crippen LogP contribution >= 0.6 is 0 Å². The van der Waals surface area contributed by atoms with Crippen molar-refractivity contribution in [3.05, 3.63) is 24.1 Å². The normalized spacial score (nSPS) is 16.2. The maximum Gasteiger partial charge on any atom is 0.244 e. The van der Waals surface area contributed by atoms with Crippen LogP contribution in [0.5, 0.6) is 11.5 Å². The topological polar surface area (TPSA) is 98.9 Å². The summed E-state index contributed by atoms with van der Waals surface area (Å²) in [6.45, 7) is 9.92. The zero-order chi connectivity index (χ0) is 20.8. The average molecular weight is 405 g/mol. The molecule has 0 amide bonds. The molecule has 8 heteroatoms. The Bertz CT molecular complexity index is 779. The van der Waals surface area contributed by atoms with Gasteiger partial charge in [-0.2, -0.15) is 4.98 Å². The largest absolute Gasteiger partial charge is 0.454 e. The number of aromatic nitrogens is 2. The molecule has 1 aromatic carbocycles. The van der Waals surface area contributed by atoms with E-state index in [-0.39, 0.29) is 18.8 Å². The Labute approximate surface area is 171 Å². The highest BCUT2D eigenvalue weighted by Crippen LogP contribution is 2.35. The molecule has 3 atom stereocenters. The smallest absolute Gasteiger partial charge is 0.244 e. The Morgan fingerprint density at radius 2 is 1.97 bits per heavy atom. The van der Waals surface area contributed by atoms with Crippen molar-refractivity contribution in [1.82, 2.24) is 15.5 Å². The molecule has 0 bridgehead atoms. The highest BCUT2D eigenvalue weighted by Gasteiger charge is 2.25. The van der Waals surface area contributed by atoms with Crippen LogP contribution in [-0.4, -0.2) is 47.9 Å². The van der Waals surface area contributed by atoms with Crippen LogP contribution in [0.2, 0.25) is 0 Å². The molecule has 1 aliphatic rings. The van der Waals surface area contributed by atoms with Gasteiger partial charge in [0.25, 0.3) is 0 Å². The summed E-state index contributed by atoms with van der Waals surface area (Å²) >= 11 is 0. The fourth-order valence-corrected chi connectivity index (χ4v) is 3.04. The van der Waals surface area contributed by atoms with E-state index in [1.807, 2.05) is 18.2 Å². The van der Waals surface area contributed by atoms with E-state index in [1.54, 1.807) is 0 Å². The molecule has 1 aromatic heterocycles. The van der Waals surface area contributed by atoms with Crippen LogP contribution in [0.4, 0.5) is 0 Å². The number of aliphatic hydroxyl groups is 1. The van der Waals surface area contributed by atoms with Crippen molar-refractivity contribution in [3.8, 4) is 22.9 Å².